The Morgan fingerprint density at radius 2 is 2.14 bits per heavy atom. The number of aromatic nitrogens is 2. The quantitative estimate of drug-likeness (QED) is 0.888. The number of halogens is 1. The number of carbonyl (C=O) groups excluding carboxylic acids is 1. The number of ether oxygens (including phenoxy) is 1. The monoisotopic (exact) mass is 306 g/mol. The lowest BCUT2D eigenvalue weighted by Crippen LogP contribution is -2.13. The van der Waals surface area contributed by atoms with Crippen molar-refractivity contribution in [1.82, 2.24) is 9.97 Å². The average Bonchev–Trinajstić information content (AvgIpc) is 2.50. The van der Waals surface area contributed by atoms with E-state index in [1.54, 1.807) is 18.2 Å². The molecule has 6 nitrogen and oxygen atoms in total. The minimum absolute atomic E-state index is 0.306. The number of carbonyl (C=O) groups is 1. The minimum Gasteiger partial charge on any atom is -0.481 e. The lowest BCUT2D eigenvalue weighted by Gasteiger charge is -2.08. The zero-order chi connectivity index (χ0) is 15.2. The largest absolute Gasteiger partial charge is 0.481 e. The molecular formula is C14H15ClN4O2. The molecule has 0 saturated heterocycles. The predicted molar refractivity (Wildman–Crippen MR) is 82.2 cm³/mol. The zero-order valence-electron chi connectivity index (χ0n) is 11.7. The summed E-state index contributed by atoms with van der Waals surface area (Å²) in [6.45, 7) is 2.64. The Morgan fingerprint density at radius 1 is 1.33 bits per heavy atom. The fourth-order valence-electron chi connectivity index (χ4n) is 1.64. The molecule has 2 rings (SSSR count). The number of methoxy groups -OCH3 is 1. The Kier molecular flexibility index (Phi) is 4.94. The van der Waals surface area contributed by atoms with Crippen molar-refractivity contribution in [2.24, 2.45) is 0 Å². The first-order valence-electron chi connectivity index (χ1n) is 6.35. The molecule has 2 heterocycles. The van der Waals surface area contributed by atoms with Crippen LogP contribution < -0.4 is 15.4 Å². The average molecular weight is 307 g/mol. The van der Waals surface area contributed by atoms with Gasteiger partial charge >= 0.3 is 0 Å². The molecule has 0 aliphatic carbocycles. The van der Waals surface area contributed by atoms with Crippen LogP contribution in [-0.2, 0) is 0 Å². The second-order valence-electron chi connectivity index (χ2n) is 4.13. The van der Waals surface area contributed by atoms with Crippen LogP contribution in [-0.4, -0.2) is 29.5 Å². The third-order valence-corrected chi connectivity index (χ3v) is 2.94. The molecule has 2 aromatic heterocycles. The summed E-state index contributed by atoms with van der Waals surface area (Å²) in [6.07, 6.45) is 2.98. The van der Waals surface area contributed by atoms with Gasteiger partial charge in [-0.25, -0.2) is 9.97 Å². The van der Waals surface area contributed by atoms with Gasteiger partial charge in [-0.05, 0) is 19.1 Å². The molecule has 110 valence electrons. The van der Waals surface area contributed by atoms with E-state index in [0.717, 1.165) is 0 Å². The molecule has 0 saturated carbocycles. The molecule has 2 N–H and O–H groups in total. The summed E-state index contributed by atoms with van der Waals surface area (Å²) in [6, 6.07) is 4.93. The highest BCUT2D eigenvalue weighted by atomic mass is 35.5. The zero-order valence-corrected chi connectivity index (χ0v) is 12.4. The van der Waals surface area contributed by atoms with Gasteiger partial charge < -0.3 is 15.4 Å². The normalized spacial score (nSPS) is 10.0. The highest BCUT2D eigenvalue weighted by Crippen LogP contribution is 2.20. The van der Waals surface area contributed by atoms with Gasteiger partial charge in [-0.1, -0.05) is 11.6 Å². The summed E-state index contributed by atoms with van der Waals surface area (Å²) in [5.41, 5.74) is 0.935. The van der Waals surface area contributed by atoms with Crippen LogP contribution in [0.5, 0.6) is 5.88 Å². The van der Waals surface area contributed by atoms with E-state index in [-0.39, 0.29) is 5.91 Å². The number of hydrogen-bond acceptors (Lipinski definition) is 5. The van der Waals surface area contributed by atoms with Gasteiger partial charge in [-0.2, -0.15) is 0 Å². The smallest absolute Gasteiger partial charge is 0.257 e. The SMILES string of the molecule is CCNc1ncc(C(=O)Nc2ccc(OC)nc2)cc1Cl. The topological polar surface area (TPSA) is 76.1 Å². The van der Waals surface area contributed by atoms with E-state index in [0.29, 0.717) is 34.5 Å². The second kappa shape index (κ2) is 6.90. The van der Waals surface area contributed by atoms with Gasteiger partial charge in [0.05, 0.1) is 29.6 Å². The molecule has 0 aliphatic heterocycles. The molecule has 0 bridgehead atoms. The van der Waals surface area contributed by atoms with Crippen LogP contribution in [0.3, 0.4) is 0 Å². The first-order chi connectivity index (χ1) is 10.1. The van der Waals surface area contributed by atoms with Crippen LogP contribution >= 0.6 is 11.6 Å². The highest BCUT2D eigenvalue weighted by molar-refractivity contribution is 6.33. The van der Waals surface area contributed by atoms with E-state index in [2.05, 4.69) is 20.6 Å². The summed E-state index contributed by atoms with van der Waals surface area (Å²) in [5, 5.41) is 6.12. The molecule has 21 heavy (non-hydrogen) atoms. The molecule has 0 aromatic carbocycles. The van der Waals surface area contributed by atoms with Crippen molar-refractivity contribution in [2.45, 2.75) is 6.92 Å². The fraction of sp³-hybridized carbons (Fsp3) is 0.214. The maximum atomic E-state index is 12.1. The van der Waals surface area contributed by atoms with Gasteiger partial charge in [0.25, 0.3) is 5.91 Å². The van der Waals surface area contributed by atoms with Crippen molar-refractivity contribution >= 4 is 29.0 Å². The van der Waals surface area contributed by atoms with Gasteiger partial charge in [0.2, 0.25) is 5.88 Å². The van der Waals surface area contributed by atoms with Gasteiger partial charge in [-0.3, -0.25) is 4.79 Å². The Bertz CT molecular complexity index is 631. The van der Waals surface area contributed by atoms with Crippen LogP contribution in [0.15, 0.2) is 30.6 Å². The van der Waals surface area contributed by atoms with Crippen molar-refractivity contribution in [3.05, 3.63) is 41.2 Å². The molecule has 2 aromatic rings. The number of rotatable bonds is 5. The number of pyridine rings is 2. The number of nitrogens with one attached hydrogen (secondary N) is 2. The third kappa shape index (κ3) is 3.82. The van der Waals surface area contributed by atoms with Gasteiger partial charge in [-0.15, -0.1) is 0 Å². The lowest BCUT2D eigenvalue weighted by molar-refractivity contribution is 0.102. The van der Waals surface area contributed by atoms with Crippen molar-refractivity contribution in [3.63, 3.8) is 0 Å². The maximum absolute atomic E-state index is 12.1. The predicted octanol–water partition coefficient (Wildman–Crippen LogP) is 2.82. The van der Waals surface area contributed by atoms with Crippen molar-refractivity contribution in [2.75, 3.05) is 24.3 Å². The second-order valence-corrected chi connectivity index (χ2v) is 4.54. The Morgan fingerprint density at radius 3 is 2.71 bits per heavy atom. The summed E-state index contributed by atoms with van der Waals surface area (Å²) in [7, 11) is 1.53. The summed E-state index contributed by atoms with van der Waals surface area (Å²) >= 11 is 6.06. The van der Waals surface area contributed by atoms with E-state index >= 15 is 0 Å². The molecular weight excluding hydrogens is 292 g/mol. The molecule has 0 radical (unpaired) electrons. The van der Waals surface area contributed by atoms with Crippen LogP contribution in [0, 0.1) is 0 Å². The molecule has 0 spiro atoms. The Hall–Kier alpha value is -2.34. The van der Waals surface area contributed by atoms with Crippen LogP contribution in [0.2, 0.25) is 5.02 Å². The summed E-state index contributed by atoms with van der Waals surface area (Å²) in [5.74, 6) is 0.731. The lowest BCUT2D eigenvalue weighted by atomic mass is 10.2. The summed E-state index contributed by atoms with van der Waals surface area (Å²) < 4.78 is 4.95. The van der Waals surface area contributed by atoms with E-state index in [1.807, 2.05) is 6.92 Å². The van der Waals surface area contributed by atoms with Crippen LogP contribution in [0.1, 0.15) is 17.3 Å². The van der Waals surface area contributed by atoms with Gasteiger partial charge in [0.15, 0.2) is 0 Å². The molecule has 0 fully saturated rings. The standard InChI is InChI=1S/C14H15ClN4O2/c1-3-16-13-11(15)6-9(7-18-13)14(20)19-10-4-5-12(21-2)17-8-10/h4-8H,3H2,1-2H3,(H,16,18)(H,19,20). The number of amides is 1. The number of hydrogen-bond donors (Lipinski definition) is 2. The maximum Gasteiger partial charge on any atom is 0.257 e. The summed E-state index contributed by atoms with van der Waals surface area (Å²) in [4.78, 5) is 20.2. The molecule has 0 atom stereocenters. The Labute approximate surface area is 127 Å². The molecule has 0 aliphatic rings. The molecule has 1 amide bonds. The highest BCUT2D eigenvalue weighted by Gasteiger charge is 2.10. The molecule has 0 unspecified atom stereocenters. The minimum atomic E-state index is -0.306. The Balaban J connectivity index is 2.10. The number of anilines is 2. The van der Waals surface area contributed by atoms with Gasteiger partial charge in [0.1, 0.15) is 5.82 Å². The molecule has 7 heteroatoms. The first-order valence-corrected chi connectivity index (χ1v) is 6.72. The number of nitrogens with zero attached hydrogens (tertiary/aromatic N) is 2. The first kappa shape index (κ1) is 15.1. The van der Waals surface area contributed by atoms with Gasteiger partial charge in [0, 0.05) is 18.8 Å². The van der Waals surface area contributed by atoms with E-state index in [1.165, 1.54) is 19.5 Å². The van der Waals surface area contributed by atoms with Crippen LogP contribution in [0.4, 0.5) is 11.5 Å². The van der Waals surface area contributed by atoms with E-state index in [9.17, 15) is 4.79 Å². The van der Waals surface area contributed by atoms with Crippen LogP contribution in [0.25, 0.3) is 0 Å². The van der Waals surface area contributed by atoms with E-state index < -0.39 is 0 Å². The van der Waals surface area contributed by atoms with Crippen molar-refractivity contribution in [1.29, 1.82) is 0 Å². The third-order valence-electron chi connectivity index (χ3n) is 2.65. The fourth-order valence-corrected chi connectivity index (χ4v) is 1.87. The van der Waals surface area contributed by atoms with E-state index in [4.69, 9.17) is 16.3 Å². The van der Waals surface area contributed by atoms with Crippen molar-refractivity contribution in [3.8, 4) is 5.88 Å². The van der Waals surface area contributed by atoms with Crippen molar-refractivity contribution < 1.29 is 9.53 Å².